The highest BCUT2D eigenvalue weighted by Gasteiger charge is 2.06. The molecular weight excluding hydrogens is 125 g/mol. The Morgan fingerprint density at radius 3 is 2.33 bits per heavy atom. The first-order chi connectivity index (χ1) is 4.31. The van der Waals surface area contributed by atoms with Gasteiger partial charge in [-0.15, -0.1) is 0 Å². The lowest BCUT2D eigenvalue weighted by atomic mass is 10.5. The number of carbonyl (C=O) groups excluding carboxylic acids is 1. The molecule has 1 aliphatic rings. The van der Waals surface area contributed by atoms with Crippen LogP contribution in [0.5, 0.6) is 0 Å². The quantitative estimate of drug-likeness (QED) is 0.341. The molecule has 0 unspecified atom stereocenters. The lowest BCUT2D eigenvalue weighted by molar-refractivity contribution is 0.178. The van der Waals surface area contributed by atoms with Gasteiger partial charge in [-0.05, 0) is 0 Å². The number of nitrogens with one attached hydrogen (secondary N) is 1. The maximum atomic E-state index is 9.91. The van der Waals surface area contributed by atoms with Gasteiger partial charge in [0.05, 0.1) is 6.54 Å². The van der Waals surface area contributed by atoms with Crippen LogP contribution >= 0.6 is 0 Å². The van der Waals surface area contributed by atoms with E-state index in [9.17, 15) is 4.79 Å². The van der Waals surface area contributed by atoms with Gasteiger partial charge in [0.15, 0.2) is 0 Å². The third kappa shape index (κ3) is 5.12. The molecule has 1 rings (SSSR count). The average molecular weight is 132 g/mol. The van der Waals surface area contributed by atoms with E-state index in [0.29, 0.717) is 13.2 Å². The van der Waals surface area contributed by atoms with Crippen LogP contribution in [0.2, 0.25) is 0 Å². The molecular formula is C3H7BNO4. The topological polar surface area (TPSA) is 78.8 Å². The number of ether oxygens (including phenoxy) is 1. The van der Waals surface area contributed by atoms with Gasteiger partial charge in [0.2, 0.25) is 0 Å². The summed E-state index contributed by atoms with van der Waals surface area (Å²) >= 11 is 0. The number of hydrogen-bond donors (Lipinski definition) is 3. The fourth-order valence-corrected chi connectivity index (χ4v) is 0.348. The summed E-state index contributed by atoms with van der Waals surface area (Å²) in [5, 5.41) is 16.5. The predicted octanol–water partition coefficient (Wildman–Crippen LogP) is -1.77. The van der Waals surface area contributed by atoms with E-state index < -0.39 is 0 Å². The van der Waals surface area contributed by atoms with Gasteiger partial charge in [-0.1, -0.05) is 0 Å². The molecule has 0 bridgehead atoms. The number of cyclic esters (lactones) is 1. The highest BCUT2D eigenvalue weighted by atomic mass is 16.6. The van der Waals surface area contributed by atoms with Crippen molar-refractivity contribution in [1.29, 1.82) is 0 Å². The number of hydrogen-bond acceptors (Lipinski definition) is 4. The molecule has 1 heterocycles. The maximum Gasteiger partial charge on any atom is 0.482 e. The lowest BCUT2D eigenvalue weighted by Gasteiger charge is -1.80. The molecule has 0 aromatic carbocycles. The first-order valence-electron chi connectivity index (χ1n) is 2.32. The van der Waals surface area contributed by atoms with Crippen molar-refractivity contribution < 1.29 is 19.6 Å². The normalized spacial score (nSPS) is 14.7. The minimum absolute atomic E-state index is 0. The molecule has 51 valence electrons. The predicted molar refractivity (Wildman–Crippen MR) is 29.5 cm³/mol. The molecule has 0 saturated carbocycles. The standard InChI is InChI=1S/C3H5NO2.BH2O2/c5-3-4-1-2-6-3;2-1-3/h1-2H2,(H,4,5);2-3H. The van der Waals surface area contributed by atoms with E-state index in [1.165, 1.54) is 0 Å². The van der Waals surface area contributed by atoms with Gasteiger partial charge < -0.3 is 20.1 Å². The Morgan fingerprint density at radius 1 is 1.67 bits per heavy atom. The number of alkyl carbamates (subject to hydrolysis) is 1. The van der Waals surface area contributed by atoms with E-state index in [1.54, 1.807) is 0 Å². The van der Waals surface area contributed by atoms with E-state index in [4.69, 9.17) is 10.0 Å². The monoisotopic (exact) mass is 132 g/mol. The second-order valence-electron chi connectivity index (χ2n) is 1.18. The molecule has 0 spiro atoms. The van der Waals surface area contributed by atoms with Crippen molar-refractivity contribution in [2.24, 2.45) is 0 Å². The Balaban J connectivity index is 0.000000187. The van der Waals surface area contributed by atoms with E-state index in [0.717, 1.165) is 0 Å². The second kappa shape index (κ2) is 5.39. The first-order valence-corrected chi connectivity index (χ1v) is 2.32. The molecule has 0 aliphatic carbocycles. The third-order valence-electron chi connectivity index (χ3n) is 0.605. The summed E-state index contributed by atoms with van der Waals surface area (Å²) in [6, 6.07) is 0. The SMILES string of the molecule is O=C1NCCO1.O[B]O. The summed E-state index contributed by atoms with van der Waals surface area (Å²) in [6.45, 7) is 1.19. The largest absolute Gasteiger partial charge is 0.482 e. The molecule has 0 aromatic heterocycles. The molecule has 0 atom stereocenters. The lowest BCUT2D eigenvalue weighted by Crippen LogP contribution is -2.11. The van der Waals surface area contributed by atoms with Crippen molar-refractivity contribution >= 4 is 13.8 Å². The fraction of sp³-hybridized carbons (Fsp3) is 0.667. The molecule has 6 heteroatoms. The molecule has 1 fully saturated rings. The second-order valence-corrected chi connectivity index (χ2v) is 1.18. The third-order valence-corrected chi connectivity index (χ3v) is 0.605. The van der Waals surface area contributed by atoms with Crippen LogP contribution in [0.15, 0.2) is 0 Å². The van der Waals surface area contributed by atoms with Gasteiger partial charge >= 0.3 is 13.8 Å². The van der Waals surface area contributed by atoms with Crippen molar-refractivity contribution in [2.45, 2.75) is 0 Å². The van der Waals surface area contributed by atoms with Crippen molar-refractivity contribution in [1.82, 2.24) is 5.32 Å². The van der Waals surface area contributed by atoms with Crippen molar-refractivity contribution in [3.05, 3.63) is 0 Å². The van der Waals surface area contributed by atoms with Gasteiger partial charge in [0.1, 0.15) is 6.61 Å². The van der Waals surface area contributed by atoms with Crippen LogP contribution in [-0.2, 0) is 4.74 Å². The Hall–Kier alpha value is -0.745. The Bertz CT molecular complexity index is 79.9. The van der Waals surface area contributed by atoms with E-state index in [2.05, 4.69) is 10.1 Å². The van der Waals surface area contributed by atoms with Gasteiger partial charge in [0.25, 0.3) is 0 Å². The van der Waals surface area contributed by atoms with Crippen LogP contribution in [0.3, 0.4) is 0 Å². The molecule has 9 heavy (non-hydrogen) atoms. The molecule has 0 aromatic rings. The fourth-order valence-electron chi connectivity index (χ4n) is 0.348. The highest BCUT2D eigenvalue weighted by molar-refractivity contribution is 6.13. The van der Waals surface area contributed by atoms with Crippen LogP contribution in [-0.4, -0.2) is 37.0 Å². The van der Waals surface area contributed by atoms with Gasteiger partial charge in [-0.3, -0.25) is 0 Å². The van der Waals surface area contributed by atoms with Crippen LogP contribution < -0.4 is 5.32 Å². The number of rotatable bonds is 0. The molecule has 1 saturated heterocycles. The van der Waals surface area contributed by atoms with Gasteiger partial charge in [0, 0.05) is 0 Å². The zero-order chi connectivity index (χ0) is 7.11. The van der Waals surface area contributed by atoms with E-state index in [-0.39, 0.29) is 13.8 Å². The zero-order valence-corrected chi connectivity index (χ0v) is 4.70. The molecule has 1 radical (unpaired) electrons. The number of amides is 1. The van der Waals surface area contributed by atoms with Crippen LogP contribution in [0.25, 0.3) is 0 Å². The van der Waals surface area contributed by atoms with Crippen LogP contribution in [0.1, 0.15) is 0 Å². The summed E-state index contributed by atoms with van der Waals surface area (Å²) in [5.41, 5.74) is 0. The summed E-state index contributed by atoms with van der Waals surface area (Å²) in [4.78, 5) is 9.91. The van der Waals surface area contributed by atoms with Crippen LogP contribution in [0, 0.1) is 0 Å². The molecule has 5 nitrogen and oxygen atoms in total. The van der Waals surface area contributed by atoms with Crippen molar-refractivity contribution in [3.8, 4) is 0 Å². The minimum atomic E-state index is -0.296. The Morgan fingerprint density at radius 2 is 2.22 bits per heavy atom. The number of carbonyl (C=O) groups is 1. The molecule has 3 N–H and O–H groups in total. The van der Waals surface area contributed by atoms with E-state index >= 15 is 0 Å². The van der Waals surface area contributed by atoms with Gasteiger partial charge in [-0.25, -0.2) is 4.79 Å². The molecule has 1 aliphatic heterocycles. The smallest absolute Gasteiger partial charge is 0.448 e. The first kappa shape index (κ1) is 8.25. The highest BCUT2D eigenvalue weighted by Crippen LogP contribution is 1.82. The Kier molecular flexibility index (Phi) is 4.95. The van der Waals surface area contributed by atoms with E-state index in [1.807, 2.05) is 0 Å². The average Bonchev–Trinajstić information content (AvgIpc) is 2.20. The van der Waals surface area contributed by atoms with Crippen molar-refractivity contribution in [2.75, 3.05) is 13.2 Å². The maximum absolute atomic E-state index is 9.91. The van der Waals surface area contributed by atoms with Crippen LogP contribution in [0.4, 0.5) is 4.79 Å². The summed E-state index contributed by atoms with van der Waals surface area (Å²) in [7, 11) is 0. The summed E-state index contributed by atoms with van der Waals surface area (Å²) < 4.78 is 4.40. The Labute approximate surface area is 52.9 Å². The zero-order valence-electron chi connectivity index (χ0n) is 4.70. The summed E-state index contributed by atoms with van der Waals surface area (Å²) in [6.07, 6.45) is -0.296. The van der Waals surface area contributed by atoms with Crippen molar-refractivity contribution in [3.63, 3.8) is 0 Å². The minimum Gasteiger partial charge on any atom is -0.448 e. The summed E-state index contributed by atoms with van der Waals surface area (Å²) in [5.74, 6) is 0. The molecule has 1 amide bonds. The van der Waals surface area contributed by atoms with Gasteiger partial charge in [-0.2, -0.15) is 0 Å².